The number of hydrogen-bond acceptors (Lipinski definition) is 3. The van der Waals surface area contributed by atoms with E-state index in [0.29, 0.717) is 11.5 Å². The summed E-state index contributed by atoms with van der Waals surface area (Å²) >= 11 is 0. The molecule has 0 amide bonds. The van der Waals surface area contributed by atoms with Crippen molar-refractivity contribution >= 4 is 27.7 Å². The van der Waals surface area contributed by atoms with Crippen molar-refractivity contribution in [3.63, 3.8) is 0 Å². The van der Waals surface area contributed by atoms with Crippen LogP contribution in [-0.4, -0.2) is 28.1 Å². The Morgan fingerprint density at radius 3 is 2.45 bits per heavy atom. The van der Waals surface area contributed by atoms with Crippen molar-refractivity contribution in [3.8, 4) is 28.1 Å². The maximum Gasteiger partial charge on any atom is 2.00 e. The fourth-order valence-corrected chi connectivity index (χ4v) is 5.45. The number of para-hydroxylation sites is 1. The Kier molecular flexibility index (Phi) is 6.44. The zero-order valence-corrected chi connectivity index (χ0v) is 25.9. The van der Waals surface area contributed by atoms with E-state index in [2.05, 4.69) is 97.1 Å². The zero-order valence-electron chi connectivity index (χ0n) is 26.6. The summed E-state index contributed by atoms with van der Waals surface area (Å²) in [5, 5.41) is 2.16. The first kappa shape index (κ1) is 24.6. The van der Waals surface area contributed by atoms with Gasteiger partial charge in [0.1, 0.15) is 5.90 Å². The van der Waals surface area contributed by atoms with Crippen LogP contribution in [0.4, 0.5) is 0 Å². The van der Waals surface area contributed by atoms with Gasteiger partial charge >= 0.3 is 21.1 Å². The summed E-state index contributed by atoms with van der Waals surface area (Å²) in [7, 11) is 0. The van der Waals surface area contributed by atoms with E-state index >= 15 is 0 Å². The number of benzene rings is 4. The molecule has 0 saturated carbocycles. The van der Waals surface area contributed by atoms with Crippen LogP contribution in [0, 0.1) is 12.1 Å². The standard InChI is InChI=1S/C37H31N3O.Pt/c1-24-23-41-36(39-24)28-18-27(25-10-6-5-7-11-25)19-30(20-28)40-34-13-9-8-12-31(34)32-15-14-26(21-35(32)40)33-22-29(16-17-38-33)37(2,3)4;/h5-19,22,24H,23H2,1-4H3;/q-2;+2/t24-;/m1./s1/i1D3;. The average Bonchev–Trinajstić information content (AvgIpc) is 3.65. The van der Waals surface area contributed by atoms with Gasteiger partial charge in [-0.3, -0.25) is 4.99 Å². The van der Waals surface area contributed by atoms with Crippen molar-refractivity contribution in [2.45, 2.75) is 39.1 Å². The summed E-state index contributed by atoms with van der Waals surface area (Å²) in [6.45, 7) is 4.37. The molecular formula is C37H31N3OPt. The second-order valence-electron chi connectivity index (χ2n) is 11.5. The largest absolute Gasteiger partial charge is 2.00 e. The van der Waals surface area contributed by atoms with Crippen molar-refractivity contribution in [3.05, 3.63) is 120 Å². The third kappa shape index (κ3) is 5.10. The van der Waals surface area contributed by atoms with Gasteiger partial charge in [-0.05, 0) is 57.8 Å². The molecule has 7 rings (SSSR count). The van der Waals surface area contributed by atoms with Crippen LogP contribution < -0.4 is 0 Å². The Bertz CT molecular complexity index is 2060. The summed E-state index contributed by atoms with van der Waals surface area (Å²) in [5.41, 5.74) is 8.21. The molecule has 3 heterocycles. The van der Waals surface area contributed by atoms with Crippen molar-refractivity contribution < 1.29 is 29.9 Å². The SMILES string of the molecule is [2H]C([2H])([2H])[C@@H]1COC(c2[c-]c(-n3c4[c-]c(-c5cc(C(C)(C)C)ccn5)ccc4c4ccccc43)cc(-c3ccccc3)c2)=N1.[Pt+2]. The van der Waals surface area contributed by atoms with Gasteiger partial charge in [-0.25, -0.2) is 0 Å². The Balaban J connectivity index is 0.00000357. The molecule has 0 fully saturated rings. The van der Waals surface area contributed by atoms with Gasteiger partial charge in [-0.15, -0.1) is 42.0 Å². The average molecular weight is 732 g/mol. The van der Waals surface area contributed by atoms with E-state index in [1.807, 2.05) is 42.6 Å². The summed E-state index contributed by atoms with van der Waals surface area (Å²) in [4.78, 5) is 9.18. The predicted molar refractivity (Wildman–Crippen MR) is 168 cm³/mol. The molecular weight excluding hydrogens is 698 g/mol. The smallest absolute Gasteiger partial charge is 0.518 e. The molecule has 0 unspecified atom stereocenters. The maximum atomic E-state index is 7.86. The van der Waals surface area contributed by atoms with Gasteiger partial charge in [0.05, 0.1) is 12.6 Å². The molecule has 4 aromatic carbocycles. The van der Waals surface area contributed by atoms with E-state index in [-0.39, 0.29) is 33.1 Å². The fourth-order valence-electron chi connectivity index (χ4n) is 5.45. The van der Waals surface area contributed by atoms with E-state index in [9.17, 15) is 0 Å². The normalized spacial score (nSPS) is 16.3. The minimum absolute atomic E-state index is 0. The number of hydrogen-bond donors (Lipinski definition) is 0. The van der Waals surface area contributed by atoms with Crippen molar-refractivity contribution in [2.24, 2.45) is 4.99 Å². The van der Waals surface area contributed by atoms with Crippen LogP contribution in [0.3, 0.4) is 0 Å². The molecule has 0 radical (unpaired) electrons. The molecule has 1 aliphatic heterocycles. The van der Waals surface area contributed by atoms with Gasteiger partial charge in [0.2, 0.25) is 0 Å². The summed E-state index contributed by atoms with van der Waals surface area (Å²) in [6.07, 6.45) is 1.86. The number of ether oxygens (including phenoxy) is 1. The zero-order chi connectivity index (χ0) is 30.6. The number of aromatic nitrogens is 2. The molecule has 210 valence electrons. The van der Waals surface area contributed by atoms with Crippen LogP contribution in [0.5, 0.6) is 0 Å². The minimum Gasteiger partial charge on any atom is -0.518 e. The fraction of sp³-hybridized carbons (Fsp3) is 0.189. The van der Waals surface area contributed by atoms with Gasteiger partial charge in [-0.2, -0.15) is 0 Å². The molecule has 0 saturated heterocycles. The first-order valence-electron chi connectivity index (χ1n) is 15.3. The van der Waals surface area contributed by atoms with E-state index in [0.717, 1.165) is 49.9 Å². The first-order valence-corrected chi connectivity index (χ1v) is 13.8. The first-order chi connectivity index (χ1) is 21.1. The molecule has 4 nitrogen and oxygen atoms in total. The monoisotopic (exact) mass is 731 g/mol. The molecule has 1 aliphatic rings. The van der Waals surface area contributed by atoms with E-state index in [1.54, 1.807) is 0 Å². The van der Waals surface area contributed by atoms with Crippen LogP contribution in [0.1, 0.15) is 42.9 Å². The number of aliphatic imine (C=N–C) groups is 1. The molecule has 0 spiro atoms. The van der Waals surface area contributed by atoms with Gasteiger partial charge in [0, 0.05) is 15.8 Å². The van der Waals surface area contributed by atoms with Gasteiger partial charge in [0.25, 0.3) is 0 Å². The number of nitrogens with zero attached hydrogens (tertiary/aromatic N) is 3. The summed E-state index contributed by atoms with van der Waals surface area (Å²) in [5.74, 6) is 0.291. The molecule has 0 bridgehead atoms. The molecule has 1 atom stereocenters. The van der Waals surface area contributed by atoms with Crippen LogP contribution in [-0.2, 0) is 31.2 Å². The molecule has 5 heteroatoms. The van der Waals surface area contributed by atoms with Crippen LogP contribution in [0.15, 0.2) is 102 Å². The van der Waals surface area contributed by atoms with E-state index in [1.165, 1.54) is 5.56 Å². The Morgan fingerprint density at radius 1 is 0.857 bits per heavy atom. The van der Waals surface area contributed by atoms with Crippen LogP contribution >= 0.6 is 0 Å². The van der Waals surface area contributed by atoms with Gasteiger partial charge in [0.15, 0.2) is 0 Å². The topological polar surface area (TPSA) is 39.4 Å². The Labute approximate surface area is 265 Å². The Hall–Kier alpha value is -4.01. The third-order valence-electron chi connectivity index (χ3n) is 7.57. The molecule has 6 aromatic rings. The number of rotatable bonds is 4. The van der Waals surface area contributed by atoms with Gasteiger partial charge < -0.3 is 14.3 Å². The third-order valence-corrected chi connectivity index (χ3v) is 7.57. The second-order valence-corrected chi connectivity index (χ2v) is 11.5. The number of pyridine rings is 1. The van der Waals surface area contributed by atoms with Crippen molar-refractivity contribution in [1.82, 2.24) is 9.55 Å². The Morgan fingerprint density at radius 2 is 1.67 bits per heavy atom. The van der Waals surface area contributed by atoms with Crippen molar-refractivity contribution in [2.75, 3.05) is 6.61 Å². The van der Waals surface area contributed by atoms with Crippen LogP contribution in [0.2, 0.25) is 0 Å². The van der Waals surface area contributed by atoms with Crippen molar-refractivity contribution in [1.29, 1.82) is 0 Å². The quantitative estimate of drug-likeness (QED) is 0.171. The van der Waals surface area contributed by atoms with E-state index < -0.39 is 12.9 Å². The molecule has 0 N–H and O–H groups in total. The van der Waals surface area contributed by atoms with E-state index in [4.69, 9.17) is 13.8 Å². The number of fused-ring (bicyclic) bond motifs is 3. The minimum atomic E-state index is -2.24. The van der Waals surface area contributed by atoms with Gasteiger partial charge in [-0.1, -0.05) is 91.9 Å². The second kappa shape index (κ2) is 11.0. The van der Waals surface area contributed by atoms with Crippen LogP contribution in [0.25, 0.3) is 49.9 Å². The summed E-state index contributed by atoms with van der Waals surface area (Å²) < 4.78 is 31.6. The molecule has 0 aliphatic carbocycles. The summed E-state index contributed by atoms with van der Waals surface area (Å²) in [6, 6.07) is 37.2. The predicted octanol–water partition coefficient (Wildman–Crippen LogP) is 8.57. The molecule has 2 aromatic heterocycles. The molecule has 42 heavy (non-hydrogen) atoms. The maximum absolute atomic E-state index is 7.86.